The molecule has 130 valence electrons. The summed E-state index contributed by atoms with van der Waals surface area (Å²) in [5.74, 6) is 0.336. The first kappa shape index (κ1) is 17.9. The topological polar surface area (TPSA) is 3.24 Å². The van der Waals surface area contributed by atoms with E-state index in [4.69, 9.17) is 12.2 Å². The summed E-state index contributed by atoms with van der Waals surface area (Å²) < 4.78 is 0. The molecule has 2 aromatic carbocycles. The molecule has 0 bridgehead atoms. The Bertz CT molecular complexity index is 675. The van der Waals surface area contributed by atoms with Crippen molar-refractivity contribution in [2.45, 2.75) is 45.2 Å². The van der Waals surface area contributed by atoms with E-state index in [0.717, 1.165) is 24.3 Å². The molecule has 0 aromatic heterocycles. The van der Waals surface area contributed by atoms with Gasteiger partial charge in [0.05, 0.1) is 17.1 Å². The maximum atomic E-state index is 5.99. The summed E-state index contributed by atoms with van der Waals surface area (Å²) in [5.41, 5.74) is 3.93. The molecule has 1 aliphatic heterocycles. The van der Waals surface area contributed by atoms with E-state index in [1.54, 1.807) is 0 Å². The van der Waals surface area contributed by atoms with Crippen molar-refractivity contribution in [1.29, 1.82) is 0 Å². The average Bonchev–Trinajstić information content (AvgIpc) is 3.07. The van der Waals surface area contributed by atoms with Crippen LogP contribution in [0.2, 0.25) is 0 Å². The molecule has 0 spiro atoms. The third-order valence-corrected chi connectivity index (χ3v) is 5.70. The van der Waals surface area contributed by atoms with Crippen molar-refractivity contribution in [3.63, 3.8) is 0 Å². The van der Waals surface area contributed by atoms with Crippen LogP contribution in [0.4, 0.5) is 0 Å². The normalized spacial score (nSPS) is 21.1. The zero-order valence-electron chi connectivity index (χ0n) is 15.2. The van der Waals surface area contributed by atoms with Gasteiger partial charge in [0.25, 0.3) is 0 Å². The molecule has 0 unspecified atom stereocenters. The second-order valence-corrected chi connectivity index (χ2v) is 7.66. The molecule has 2 heteroatoms. The minimum atomic E-state index is 0.336. The van der Waals surface area contributed by atoms with Gasteiger partial charge < -0.3 is 4.90 Å². The lowest BCUT2D eigenvalue weighted by molar-refractivity contribution is 0.313. The van der Waals surface area contributed by atoms with Gasteiger partial charge in [0.15, 0.2) is 0 Å². The third kappa shape index (κ3) is 4.01. The van der Waals surface area contributed by atoms with E-state index in [-0.39, 0.29) is 0 Å². The van der Waals surface area contributed by atoms with Crippen LogP contribution in [0.5, 0.6) is 0 Å². The maximum absolute atomic E-state index is 5.99. The van der Waals surface area contributed by atoms with Gasteiger partial charge in [-0.3, -0.25) is 0 Å². The summed E-state index contributed by atoms with van der Waals surface area (Å²) in [4.78, 5) is 3.58. The smallest absolute Gasteiger partial charge is 0.0821 e. The Labute approximate surface area is 157 Å². The maximum Gasteiger partial charge on any atom is 0.0821 e. The molecule has 1 fully saturated rings. The summed E-state index contributed by atoms with van der Waals surface area (Å²) in [5, 5.41) is 0. The van der Waals surface area contributed by atoms with Gasteiger partial charge in [0.2, 0.25) is 0 Å². The summed E-state index contributed by atoms with van der Waals surface area (Å²) >= 11 is 5.99. The summed E-state index contributed by atoms with van der Waals surface area (Å²) in [6, 6.07) is 22.3. The molecule has 1 aliphatic rings. The highest BCUT2D eigenvalue weighted by molar-refractivity contribution is 7.80. The van der Waals surface area contributed by atoms with Gasteiger partial charge in [-0.15, -0.1) is 6.58 Å². The molecule has 0 amide bonds. The van der Waals surface area contributed by atoms with Crippen LogP contribution in [0.3, 0.4) is 0 Å². The SMILES string of the molecule is C=C(C)C[C@@H](C)C(=S)N1[C@@H](c2ccccc2)CC[C@@H]1c1ccccc1. The zero-order chi connectivity index (χ0) is 17.8. The van der Waals surface area contributed by atoms with E-state index in [0.29, 0.717) is 18.0 Å². The summed E-state index contributed by atoms with van der Waals surface area (Å²) in [7, 11) is 0. The van der Waals surface area contributed by atoms with Crippen LogP contribution in [0, 0.1) is 5.92 Å². The van der Waals surface area contributed by atoms with Crippen LogP contribution in [0.15, 0.2) is 72.8 Å². The van der Waals surface area contributed by atoms with Gasteiger partial charge in [-0.1, -0.05) is 85.4 Å². The fourth-order valence-electron chi connectivity index (χ4n) is 3.99. The second-order valence-electron chi connectivity index (χ2n) is 7.24. The molecule has 2 aromatic rings. The minimum Gasteiger partial charge on any atom is -0.352 e. The standard InChI is InChI=1S/C23H27NS/c1-17(2)16-18(3)23(25)24-21(19-10-6-4-7-11-19)14-15-22(24)20-12-8-5-9-13-20/h4-13,18,21-22H,1,14-16H2,2-3H3/t18-,21-,22-/m1/s1. The number of nitrogens with zero attached hydrogens (tertiary/aromatic N) is 1. The molecule has 0 saturated carbocycles. The number of hydrogen-bond donors (Lipinski definition) is 0. The molecule has 1 heterocycles. The Balaban J connectivity index is 1.94. The highest BCUT2D eigenvalue weighted by Gasteiger charge is 2.37. The predicted octanol–water partition coefficient (Wildman–Crippen LogP) is 6.49. The van der Waals surface area contributed by atoms with Crippen LogP contribution in [0.1, 0.15) is 56.3 Å². The molecule has 25 heavy (non-hydrogen) atoms. The summed E-state index contributed by atoms with van der Waals surface area (Å²) in [6.07, 6.45) is 3.24. The van der Waals surface area contributed by atoms with E-state index < -0.39 is 0 Å². The lowest BCUT2D eigenvalue weighted by Crippen LogP contribution is -2.35. The first-order chi connectivity index (χ1) is 12.1. The van der Waals surface area contributed by atoms with E-state index in [1.165, 1.54) is 16.7 Å². The summed E-state index contributed by atoms with van der Waals surface area (Å²) in [6.45, 7) is 8.41. The average molecular weight is 350 g/mol. The monoisotopic (exact) mass is 349 g/mol. The van der Waals surface area contributed by atoms with Crippen molar-refractivity contribution >= 4 is 17.2 Å². The molecular formula is C23H27NS. The van der Waals surface area contributed by atoms with Crippen LogP contribution in [-0.2, 0) is 0 Å². The van der Waals surface area contributed by atoms with E-state index in [1.807, 2.05) is 0 Å². The fourth-order valence-corrected chi connectivity index (χ4v) is 4.33. The fraction of sp³-hybridized carbons (Fsp3) is 0.348. The quantitative estimate of drug-likeness (QED) is 0.448. The van der Waals surface area contributed by atoms with E-state index in [9.17, 15) is 0 Å². The Morgan fingerprint density at radius 2 is 1.44 bits per heavy atom. The first-order valence-corrected chi connectivity index (χ1v) is 9.55. The van der Waals surface area contributed by atoms with Gasteiger partial charge in [-0.2, -0.15) is 0 Å². The van der Waals surface area contributed by atoms with Crippen molar-refractivity contribution in [3.05, 3.63) is 83.9 Å². The molecule has 0 radical (unpaired) electrons. The third-order valence-electron chi connectivity index (χ3n) is 5.08. The van der Waals surface area contributed by atoms with Crippen molar-refractivity contribution in [1.82, 2.24) is 4.90 Å². The first-order valence-electron chi connectivity index (χ1n) is 9.14. The lowest BCUT2D eigenvalue weighted by Gasteiger charge is -2.36. The van der Waals surface area contributed by atoms with Crippen LogP contribution >= 0.6 is 12.2 Å². The van der Waals surface area contributed by atoms with Gasteiger partial charge in [0, 0.05) is 5.92 Å². The van der Waals surface area contributed by atoms with Gasteiger partial charge in [-0.05, 0) is 37.3 Å². The second kappa shape index (κ2) is 7.97. The van der Waals surface area contributed by atoms with Crippen molar-refractivity contribution in [3.8, 4) is 0 Å². The molecular weight excluding hydrogens is 322 g/mol. The Morgan fingerprint density at radius 1 is 1.00 bits per heavy atom. The van der Waals surface area contributed by atoms with Gasteiger partial charge in [-0.25, -0.2) is 0 Å². The van der Waals surface area contributed by atoms with Gasteiger partial charge >= 0.3 is 0 Å². The molecule has 0 N–H and O–H groups in total. The highest BCUT2D eigenvalue weighted by Crippen LogP contribution is 2.45. The van der Waals surface area contributed by atoms with Crippen molar-refractivity contribution < 1.29 is 0 Å². The minimum absolute atomic E-state index is 0.336. The molecule has 0 aliphatic carbocycles. The largest absolute Gasteiger partial charge is 0.352 e. The number of benzene rings is 2. The number of rotatable bonds is 5. The van der Waals surface area contributed by atoms with Crippen LogP contribution < -0.4 is 0 Å². The molecule has 1 saturated heterocycles. The zero-order valence-corrected chi connectivity index (χ0v) is 16.0. The molecule has 3 rings (SSSR count). The number of thiocarbonyl (C=S) groups is 1. The van der Waals surface area contributed by atoms with E-state index >= 15 is 0 Å². The number of hydrogen-bond acceptors (Lipinski definition) is 1. The van der Waals surface area contributed by atoms with E-state index in [2.05, 4.69) is 86.0 Å². The molecule has 3 atom stereocenters. The van der Waals surface area contributed by atoms with Gasteiger partial charge in [0.1, 0.15) is 0 Å². The number of allylic oxidation sites excluding steroid dienone is 1. The number of likely N-dealkylation sites (tertiary alicyclic amines) is 1. The predicted molar refractivity (Wildman–Crippen MR) is 111 cm³/mol. The lowest BCUT2D eigenvalue weighted by atomic mass is 9.99. The Morgan fingerprint density at radius 3 is 1.84 bits per heavy atom. The Kier molecular flexibility index (Phi) is 5.70. The van der Waals surface area contributed by atoms with Crippen molar-refractivity contribution in [2.24, 2.45) is 5.92 Å². The van der Waals surface area contributed by atoms with Crippen LogP contribution in [0.25, 0.3) is 0 Å². The van der Waals surface area contributed by atoms with Crippen LogP contribution in [-0.4, -0.2) is 9.89 Å². The van der Waals surface area contributed by atoms with Crippen molar-refractivity contribution in [2.75, 3.05) is 0 Å². The molecule has 1 nitrogen and oxygen atoms in total. The Hall–Kier alpha value is -1.93. The highest BCUT2D eigenvalue weighted by atomic mass is 32.1.